The van der Waals surface area contributed by atoms with E-state index in [9.17, 15) is 9.59 Å². The molecule has 0 bridgehead atoms. The summed E-state index contributed by atoms with van der Waals surface area (Å²) in [6.45, 7) is 5.81. The van der Waals surface area contributed by atoms with Gasteiger partial charge in [-0.2, -0.15) is 0 Å². The van der Waals surface area contributed by atoms with Gasteiger partial charge in [-0.3, -0.25) is 9.59 Å². The van der Waals surface area contributed by atoms with E-state index in [1.54, 1.807) is 0 Å². The van der Waals surface area contributed by atoms with Crippen molar-refractivity contribution >= 4 is 11.8 Å². The van der Waals surface area contributed by atoms with Crippen molar-refractivity contribution in [2.45, 2.75) is 59.0 Å². The molecule has 0 aliphatic heterocycles. The Hall–Kier alpha value is -1.64. The average Bonchev–Trinajstić information content (AvgIpc) is 2.47. The summed E-state index contributed by atoms with van der Waals surface area (Å²) in [5, 5.41) is 0. The third-order valence-electron chi connectivity index (χ3n) is 4.95. The molecule has 0 spiro atoms. The highest BCUT2D eigenvalue weighted by molar-refractivity contribution is 5.81. The summed E-state index contributed by atoms with van der Waals surface area (Å²) in [7, 11) is 0. The molecular formula is C20H28O3. The predicted molar refractivity (Wildman–Crippen MR) is 91.0 cm³/mol. The molecule has 0 saturated heterocycles. The minimum absolute atomic E-state index is 0.0317. The number of carbonyl (C=O) groups is 2. The summed E-state index contributed by atoms with van der Waals surface area (Å²) in [5.74, 6) is 1.20. The minimum Gasteiger partial charge on any atom is -0.462 e. The lowest BCUT2D eigenvalue weighted by atomic mass is 9.73. The van der Waals surface area contributed by atoms with Crippen molar-refractivity contribution in [2.24, 2.45) is 17.8 Å². The van der Waals surface area contributed by atoms with Gasteiger partial charge >= 0.3 is 5.97 Å². The fourth-order valence-corrected chi connectivity index (χ4v) is 3.76. The smallest absolute Gasteiger partial charge is 0.302 e. The fourth-order valence-electron chi connectivity index (χ4n) is 3.76. The number of esters is 1. The first-order chi connectivity index (χ1) is 11.0. The molecule has 0 radical (unpaired) electrons. The van der Waals surface area contributed by atoms with Gasteiger partial charge in [0.05, 0.1) is 0 Å². The van der Waals surface area contributed by atoms with Crippen molar-refractivity contribution in [3.63, 3.8) is 0 Å². The zero-order chi connectivity index (χ0) is 16.8. The third kappa shape index (κ3) is 5.49. The summed E-state index contributed by atoms with van der Waals surface area (Å²) >= 11 is 0. The molecule has 0 amide bonds. The van der Waals surface area contributed by atoms with E-state index in [4.69, 9.17) is 4.74 Å². The molecule has 1 aromatic carbocycles. The van der Waals surface area contributed by atoms with E-state index < -0.39 is 0 Å². The van der Waals surface area contributed by atoms with Crippen molar-refractivity contribution in [1.29, 1.82) is 0 Å². The van der Waals surface area contributed by atoms with Crippen LogP contribution in [0, 0.1) is 17.8 Å². The van der Waals surface area contributed by atoms with Crippen LogP contribution in [-0.4, -0.2) is 17.9 Å². The average molecular weight is 316 g/mol. The van der Waals surface area contributed by atoms with E-state index in [0.29, 0.717) is 24.7 Å². The highest BCUT2D eigenvalue weighted by Crippen LogP contribution is 2.36. The SMILES string of the molecule is CC(=O)O[C@@H]1C[C@@H](C)CC[C@H]1C(C)CC(=O)Cc1ccccc1. The summed E-state index contributed by atoms with van der Waals surface area (Å²) < 4.78 is 5.54. The van der Waals surface area contributed by atoms with Gasteiger partial charge in [-0.1, -0.05) is 50.6 Å². The maximum Gasteiger partial charge on any atom is 0.302 e. The topological polar surface area (TPSA) is 43.4 Å². The van der Waals surface area contributed by atoms with Crippen LogP contribution in [-0.2, 0) is 20.7 Å². The van der Waals surface area contributed by atoms with Crippen LogP contribution in [0.15, 0.2) is 30.3 Å². The summed E-state index contributed by atoms with van der Waals surface area (Å²) in [6.07, 6.45) is 4.13. The zero-order valence-electron chi connectivity index (χ0n) is 14.5. The highest BCUT2D eigenvalue weighted by Gasteiger charge is 2.35. The summed E-state index contributed by atoms with van der Waals surface area (Å²) in [4.78, 5) is 23.7. The normalized spacial score (nSPS) is 25.6. The van der Waals surface area contributed by atoms with Crippen molar-refractivity contribution < 1.29 is 14.3 Å². The van der Waals surface area contributed by atoms with Gasteiger partial charge in [0, 0.05) is 19.8 Å². The largest absolute Gasteiger partial charge is 0.462 e. The number of hydrogen-bond donors (Lipinski definition) is 0. The maximum absolute atomic E-state index is 12.4. The molecule has 0 heterocycles. The molecule has 3 heteroatoms. The van der Waals surface area contributed by atoms with E-state index in [0.717, 1.165) is 24.8 Å². The van der Waals surface area contributed by atoms with Gasteiger partial charge in [0.2, 0.25) is 0 Å². The first-order valence-electron chi connectivity index (χ1n) is 8.68. The number of carbonyl (C=O) groups excluding carboxylic acids is 2. The molecule has 1 aliphatic rings. The molecule has 1 unspecified atom stereocenters. The van der Waals surface area contributed by atoms with Gasteiger partial charge in [0.1, 0.15) is 11.9 Å². The molecule has 23 heavy (non-hydrogen) atoms. The lowest BCUT2D eigenvalue weighted by molar-refractivity contribution is -0.153. The van der Waals surface area contributed by atoms with Crippen molar-refractivity contribution in [3.8, 4) is 0 Å². The van der Waals surface area contributed by atoms with E-state index in [2.05, 4.69) is 13.8 Å². The van der Waals surface area contributed by atoms with Crippen LogP contribution in [0.25, 0.3) is 0 Å². The van der Waals surface area contributed by atoms with Crippen LogP contribution in [0.1, 0.15) is 52.0 Å². The van der Waals surface area contributed by atoms with Crippen LogP contribution < -0.4 is 0 Å². The van der Waals surface area contributed by atoms with Gasteiger partial charge in [0.25, 0.3) is 0 Å². The second-order valence-electron chi connectivity index (χ2n) is 7.11. The molecule has 126 valence electrons. The Morgan fingerprint density at radius 3 is 2.57 bits per heavy atom. The quantitative estimate of drug-likeness (QED) is 0.739. The van der Waals surface area contributed by atoms with Crippen LogP contribution in [0.5, 0.6) is 0 Å². The van der Waals surface area contributed by atoms with Crippen LogP contribution in [0.3, 0.4) is 0 Å². The lowest BCUT2D eigenvalue weighted by Gasteiger charge is -2.37. The zero-order valence-corrected chi connectivity index (χ0v) is 14.5. The van der Waals surface area contributed by atoms with Gasteiger partial charge in [-0.15, -0.1) is 0 Å². The first-order valence-corrected chi connectivity index (χ1v) is 8.68. The molecular weight excluding hydrogens is 288 g/mol. The van der Waals surface area contributed by atoms with Gasteiger partial charge in [0.15, 0.2) is 0 Å². The summed E-state index contributed by atoms with van der Waals surface area (Å²) in [5.41, 5.74) is 1.07. The molecule has 1 aliphatic carbocycles. The van der Waals surface area contributed by atoms with Crippen molar-refractivity contribution in [3.05, 3.63) is 35.9 Å². The van der Waals surface area contributed by atoms with Crippen molar-refractivity contribution in [2.75, 3.05) is 0 Å². The molecule has 0 aromatic heterocycles. The number of benzene rings is 1. The second-order valence-corrected chi connectivity index (χ2v) is 7.11. The minimum atomic E-state index is -0.211. The van der Waals surface area contributed by atoms with Crippen LogP contribution in [0.4, 0.5) is 0 Å². The maximum atomic E-state index is 12.4. The van der Waals surface area contributed by atoms with E-state index >= 15 is 0 Å². The molecule has 2 rings (SSSR count). The monoisotopic (exact) mass is 316 g/mol. The van der Waals surface area contributed by atoms with Crippen LogP contribution >= 0.6 is 0 Å². The van der Waals surface area contributed by atoms with Crippen molar-refractivity contribution in [1.82, 2.24) is 0 Å². The predicted octanol–water partition coefficient (Wildman–Crippen LogP) is 4.19. The Bertz CT molecular complexity index is 523. The molecule has 1 fully saturated rings. The van der Waals surface area contributed by atoms with Gasteiger partial charge in [-0.05, 0) is 36.2 Å². The molecule has 0 N–H and O–H groups in total. The standard InChI is InChI=1S/C20H28O3/c1-14-9-10-19(20(11-14)23-16(3)21)15(2)12-18(22)13-17-7-5-4-6-8-17/h4-8,14-15,19-20H,9-13H2,1-3H3/t14-,15?,19-,20+/m0/s1. The number of rotatable bonds is 6. The number of hydrogen-bond acceptors (Lipinski definition) is 3. The number of Topliss-reactive ketones (excluding diaryl/α,β-unsaturated/α-hetero) is 1. The molecule has 4 atom stereocenters. The number of ketones is 1. The van der Waals surface area contributed by atoms with Gasteiger partial charge < -0.3 is 4.74 Å². The third-order valence-corrected chi connectivity index (χ3v) is 4.95. The Morgan fingerprint density at radius 1 is 1.22 bits per heavy atom. The van der Waals surface area contributed by atoms with Gasteiger partial charge in [-0.25, -0.2) is 0 Å². The Balaban J connectivity index is 1.93. The molecule has 1 aromatic rings. The lowest BCUT2D eigenvalue weighted by Crippen LogP contribution is -2.36. The Morgan fingerprint density at radius 2 is 1.91 bits per heavy atom. The fraction of sp³-hybridized carbons (Fsp3) is 0.600. The number of ether oxygens (including phenoxy) is 1. The van der Waals surface area contributed by atoms with E-state index in [1.165, 1.54) is 6.92 Å². The Labute approximate surface area is 139 Å². The first kappa shape index (κ1) is 17.7. The molecule has 3 nitrogen and oxygen atoms in total. The van der Waals surface area contributed by atoms with E-state index in [-0.39, 0.29) is 23.8 Å². The second kappa shape index (κ2) is 8.28. The summed E-state index contributed by atoms with van der Waals surface area (Å²) in [6, 6.07) is 9.87. The van der Waals surface area contributed by atoms with E-state index in [1.807, 2.05) is 30.3 Å². The highest BCUT2D eigenvalue weighted by atomic mass is 16.5. The molecule has 1 saturated carbocycles. The Kier molecular flexibility index (Phi) is 6.37. The van der Waals surface area contributed by atoms with Crippen LogP contribution in [0.2, 0.25) is 0 Å².